The number of hydrogen-bond acceptors (Lipinski definition) is 4. The Morgan fingerprint density at radius 3 is 2.79 bits per heavy atom. The number of nitrogens with zero attached hydrogens (tertiary/aromatic N) is 2. The van der Waals surface area contributed by atoms with E-state index in [0.29, 0.717) is 13.2 Å². The number of aromatic nitrogens is 2. The van der Waals surface area contributed by atoms with Crippen LogP contribution in [0.3, 0.4) is 0 Å². The summed E-state index contributed by atoms with van der Waals surface area (Å²) in [4.78, 5) is 11.0. The number of pyridine rings is 1. The van der Waals surface area contributed by atoms with Gasteiger partial charge in [0.05, 0.1) is 12.1 Å². The van der Waals surface area contributed by atoms with Gasteiger partial charge in [-0.1, -0.05) is 19.1 Å². The van der Waals surface area contributed by atoms with E-state index in [1.165, 1.54) is 0 Å². The molecule has 4 rings (SSSR count). The third kappa shape index (κ3) is 5.12. The van der Waals surface area contributed by atoms with Gasteiger partial charge in [-0.05, 0) is 92.6 Å². The molecule has 0 aliphatic rings. The summed E-state index contributed by atoms with van der Waals surface area (Å²) in [6.45, 7) is 6.27. The van der Waals surface area contributed by atoms with Crippen LogP contribution in [0.5, 0.6) is 5.75 Å². The average Bonchev–Trinajstić information content (AvgIpc) is 3.15. The van der Waals surface area contributed by atoms with E-state index in [-0.39, 0.29) is 0 Å². The number of fused-ring (bicyclic) bond motifs is 3. The Labute approximate surface area is 198 Å². The Balaban J connectivity index is 1.84. The minimum atomic E-state index is -2.71. The first-order valence-corrected chi connectivity index (χ1v) is 14.6. The van der Waals surface area contributed by atoms with Crippen LogP contribution in [-0.4, -0.2) is 52.9 Å². The molecular weight excluding hydrogens is 451 g/mol. The molecule has 6 nitrogen and oxygen atoms in total. The first-order valence-electron chi connectivity index (χ1n) is 11.2. The minimum absolute atomic E-state index is 0.641. The number of rotatable bonds is 9. The normalized spacial score (nSPS) is 12.7. The number of ether oxygens (including phenoxy) is 1. The highest BCUT2D eigenvalue weighted by molar-refractivity contribution is 8.44. The number of hydrogen-bond donors (Lipinski definition) is 3. The monoisotopic (exact) mass is 484 g/mol. The number of thiol groups is 1. The predicted molar refractivity (Wildman–Crippen MR) is 144 cm³/mol. The summed E-state index contributed by atoms with van der Waals surface area (Å²) in [6.07, 6.45) is 2.82. The summed E-state index contributed by atoms with van der Waals surface area (Å²) in [7, 11) is 3.93. The van der Waals surface area contributed by atoms with Crippen molar-refractivity contribution in [2.45, 2.75) is 25.2 Å². The van der Waals surface area contributed by atoms with Gasteiger partial charge >= 0.3 is 0 Å². The molecule has 2 N–H and O–H groups in total. The van der Waals surface area contributed by atoms with Crippen molar-refractivity contribution in [2.75, 3.05) is 33.8 Å². The first-order chi connectivity index (χ1) is 15.8. The molecule has 0 fully saturated rings. The molecule has 1 atom stereocenters. The van der Waals surface area contributed by atoms with Crippen molar-refractivity contribution in [3.63, 3.8) is 0 Å². The fourth-order valence-corrected chi connectivity index (χ4v) is 6.42. The van der Waals surface area contributed by atoms with E-state index in [2.05, 4.69) is 60.3 Å². The zero-order chi connectivity index (χ0) is 23.6. The zero-order valence-electron chi connectivity index (χ0n) is 19.7. The molecule has 0 amide bonds. The highest BCUT2D eigenvalue weighted by Crippen LogP contribution is 2.40. The average molecular weight is 485 g/mol. The molecule has 0 bridgehead atoms. The Morgan fingerprint density at radius 2 is 2.03 bits per heavy atom. The van der Waals surface area contributed by atoms with Crippen LogP contribution in [0.2, 0.25) is 0 Å². The van der Waals surface area contributed by atoms with Crippen molar-refractivity contribution < 1.29 is 8.95 Å². The number of benzene rings is 2. The molecule has 0 saturated heterocycles. The molecule has 0 spiro atoms. The van der Waals surface area contributed by atoms with Crippen molar-refractivity contribution in [1.82, 2.24) is 19.6 Å². The summed E-state index contributed by atoms with van der Waals surface area (Å²) >= 11 is 0. The van der Waals surface area contributed by atoms with Gasteiger partial charge in [0.1, 0.15) is 11.4 Å². The Kier molecular flexibility index (Phi) is 7.15. The van der Waals surface area contributed by atoms with Gasteiger partial charge in [0.15, 0.2) is 0 Å². The van der Waals surface area contributed by atoms with Crippen LogP contribution in [0, 0.1) is 6.92 Å². The largest absolute Gasteiger partial charge is 0.491 e. The summed E-state index contributed by atoms with van der Waals surface area (Å²) in [5.41, 5.74) is 4.95. The van der Waals surface area contributed by atoms with E-state index in [9.17, 15) is 4.21 Å². The summed E-state index contributed by atoms with van der Waals surface area (Å²) in [5, 5.41) is 2.13. The lowest BCUT2D eigenvalue weighted by molar-refractivity contribution is 0.284. The van der Waals surface area contributed by atoms with Crippen molar-refractivity contribution in [1.29, 1.82) is 0 Å². The topological polar surface area (TPSA) is 70.2 Å². The highest BCUT2D eigenvalue weighted by atomic mass is 32.8. The second kappa shape index (κ2) is 9.90. The molecule has 2 aromatic carbocycles. The molecule has 0 aliphatic heterocycles. The molecule has 1 unspecified atom stereocenters. The van der Waals surface area contributed by atoms with Crippen LogP contribution in [0.1, 0.15) is 18.9 Å². The molecule has 2 heterocycles. The summed E-state index contributed by atoms with van der Waals surface area (Å²) in [5.74, 6) is 0.823. The molecule has 4 aromatic rings. The summed E-state index contributed by atoms with van der Waals surface area (Å²) < 4.78 is 22.4. The van der Waals surface area contributed by atoms with Gasteiger partial charge in [0, 0.05) is 35.0 Å². The molecule has 176 valence electrons. The quantitative estimate of drug-likeness (QED) is 0.183. The predicted octanol–water partition coefficient (Wildman–Crippen LogP) is 4.71. The van der Waals surface area contributed by atoms with Crippen LogP contribution < -0.4 is 9.46 Å². The minimum Gasteiger partial charge on any atom is -0.491 e. The lowest BCUT2D eigenvalue weighted by Gasteiger charge is -2.20. The number of H-pyrrole nitrogens is 1. The molecular formula is C25H33N4O2PS. The standard InChI is InChI=1S/C25H33N4O2PS/c1-5-27-33(30,32)19-9-6-8-18(15-19)20-10-11-22(31-13-7-12-29(3)4)24-23(20)21-14-17(2)16-26-25(21)28-24/h6,8-11,14-16,33H,5,7,12-13,32H2,1-4H3,(H,26,28)(H,27,30). The Morgan fingerprint density at radius 1 is 1.21 bits per heavy atom. The van der Waals surface area contributed by atoms with Gasteiger partial charge in [-0.25, -0.2) is 4.98 Å². The van der Waals surface area contributed by atoms with Crippen LogP contribution in [0.4, 0.5) is 0 Å². The van der Waals surface area contributed by atoms with Gasteiger partial charge in [-0.3, -0.25) is 8.93 Å². The SMILES string of the molecule is CCN[SH](=O)(P)c1cccc(-c2ccc(OCCCN(C)C)c3[nH]c4ncc(C)cc4c23)c1. The molecule has 33 heavy (non-hydrogen) atoms. The van der Waals surface area contributed by atoms with Crippen molar-refractivity contribution in [3.05, 3.63) is 54.2 Å². The maximum Gasteiger partial charge on any atom is 0.143 e. The summed E-state index contributed by atoms with van der Waals surface area (Å²) in [6, 6.07) is 14.2. The van der Waals surface area contributed by atoms with Crippen LogP contribution >= 0.6 is 8.44 Å². The number of nitrogens with one attached hydrogen (secondary N) is 2. The van der Waals surface area contributed by atoms with E-state index in [0.717, 1.165) is 62.2 Å². The third-order valence-corrected chi connectivity index (χ3v) is 8.92. The molecule has 0 aliphatic carbocycles. The van der Waals surface area contributed by atoms with Gasteiger partial charge in [0.25, 0.3) is 0 Å². The van der Waals surface area contributed by atoms with Gasteiger partial charge in [0.2, 0.25) is 0 Å². The second-order valence-electron chi connectivity index (χ2n) is 8.62. The third-order valence-electron chi connectivity index (χ3n) is 5.65. The lowest BCUT2D eigenvalue weighted by atomic mass is 9.99. The van der Waals surface area contributed by atoms with Crippen molar-refractivity contribution in [3.8, 4) is 16.9 Å². The fraction of sp³-hybridized carbons (Fsp3) is 0.320. The maximum absolute atomic E-state index is 13.1. The van der Waals surface area contributed by atoms with Crippen LogP contribution in [-0.2, 0) is 9.74 Å². The zero-order valence-corrected chi connectivity index (χ0v) is 21.7. The van der Waals surface area contributed by atoms with Gasteiger partial charge in [-0.2, -0.15) is 0 Å². The Hall–Kier alpha value is -2.31. The van der Waals surface area contributed by atoms with E-state index < -0.39 is 9.74 Å². The smallest absolute Gasteiger partial charge is 0.143 e. The molecule has 0 saturated carbocycles. The van der Waals surface area contributed by atoms with Crippen molar-refractivity contribution >= 4 is 40.1 Å². The fourth-order valence-electron chi connectivity index (χ4n) is 4.10. The van der Waals surface area contributed by atoms with Crippen molar-refractivity contribution in [2.24, 2.45) is 0 Å². The Bertz CT molecular complexity index is 1330. The highest BCUT2D eigenvalue weighted by Gasteiger charge is 2.17. The van der Waals surface area contributed by atoms with Gasteiger partial charge in [-0.15, -0.1) is 0 Å². The second-order valence-corrected chi connectivity index (χ2v) is 13.0. The van der Waals surface area contributed by atoms with E-state index in [1.54, 1.807) is 0 Å². The molecule has 2 aromatic heterocycles. The van der Waals surface area contributed by atoms with Crippen LogP contribution in [0.25, 0.3) is 33.1 Å². The number of aromatic amines is 1. The lowest BCUT2D eigenvalue weighted by Crippen LogP contribution is -2.24. The van der Waals surface area contributed by atoms with E-state index in [4.69, 9.17) is 4.74 Å². The van der Waals surface area contributed by atoms with E-state index >= 15 is 0 Å². The number of aryl methyl sites for hydroxylation is 1. The molecule has 0 radical (unpaired) electrons. The molecule has 8 heteroatoms. The van der Waals surface area contributed by atoms with Crippen LogP contribution in [0.15, 0.2) is 53.6 Å². The maximum atomic E-state index is 13.1. The van der Waals surface area contributed by atoms with Gasteiger partial charge < -0.3 is 14.6 Å². The first kappa shape index (κ1) is 23.8. The van der Waals surface area contributed by atoms with E-state index in [1.807, 2.05) is 44.3 Å².